The van der Waals surface area contributed by atoms with Gasteiger partial charge in [-0.15, -0.1) is 0 Å². The lowest BCUT2D eigenvalue weighted by Gasteiger charge is -2.08. The van der Waals surface area contributed by atoms with Gasteiger partial charge in [0, 0.05) is 18.1 Å². The van der Waals surface area contributed by atoms with E-state index in [1.54, 1.807) is 11.8 Å². The normalized spacial score (nSPS) is 13.5. The Morgan fingerprint density at radius 3 is 2.57 bits per heavy atom. The highest BCUT2D eigenvalue weighted by Gasteiger charge is 2.01. The highest BCUT2D eigenvalue weighted by molar-refractivity contribution is 7.99. The molecule has 0 fully saturated rings. The van der Waals surface area contributed by atoms with Crippen LogP contribution in [0.1, 0.15) is 20.3 Å². The van der Waals surface area contributed by atoms with Crippen LogP contribution in [0.2, 0.25) is 0 Å². The number of hydrogen-bond donors (Lipinski definition) is 2. The predicted octanol–water partition coefficient (Wildman–Crippen LogP) is 1.14. The van der Waals surface area contributed by atoms with Gasteiger partial charge in [0.05, 0.1) is 19.3 Å². The SMILES string of the molecule is CC(C)CCOCCSCC(O)CO. The van der Waals surface area contributed by atoms with Crippen molar-refractivity contribution >= 4 is 11.8 Å². The molecule has 86 valence electrons. The fraction of sp³-hybridized carbons (Fsp3) is 1.00. The van der Waals surface area contributed by atoms with Gasteiger partial charge in [0.25, 0.3) is 0 Å². The number of aliphatic hydroxyl groups excluding tert-OH is 2. The minimum Gasteiger partial charge on any atom is -0.394 e. The van der Waals surface area contributed by atoms with Gasteiger partial charge in [-0.05, 0) is 12.3 Å². The van der Waals surface area contributed by atoms with Crippen molar-refractivity contribution in [1.29, 1.82) is 0 Å². The molecule has 0 radical (unpaired) electrons. The van der Waals surface area contributed by atoms with E-state index in [1.807, 2.05) is 0 Å². The summed E-state index contributed by atoms with van der Waals surface area (Å²) in [5.41, 5.74) is 0. The van der Waals surface area contributed by atoms with Crippen LogP contribution in [-0.2, 0) is 4.74 Å². The van der Waals surface area contributed by atoms with E-state index in [4.69, 9.17) is 14.9 Å². The van der Waals surface area contributed by atoms with Gasteiger partial charge < -0.3 is 14.9 Å². The molecule has 1 atom stereocenters. The minimum atomic E-state index is -0.587. The third kappa shape index (κ3) is 10.3. The summed E-state index contributed by atoms with van der Waals surface area (Å²) in [4.78, 5) is 0. The maximum atomic E-state index is 9.02. The van der Waals surface area contributed by atoms with Crippen molar-refractivity contribution in [2.75, 3.05) is 31.3 Å². The van der Waals surface area contributed by atoms with Crippen LogP contribution in [0, 0.1) is 5.92 Å². The van der Waals surface area contributed by atoms with E-state index in [0.717, 1.165) is 25.4 Å². The molecule has 0 aromatic carbocycles. The Bertz CT molecular complexity index is 120. The third-order valence-electron chi connectivity index (χ3n) is 1.73. The summed E-state index contributed by atoms with van der Waals surface area (Å²) in [5.74, 6) is 2.16. The van der Waals surface area contributed by atoms with Crippen molar-refractivity contribution in [3.63, 3.8) is 0 Å². The van der Waals surface area contributed by atoms with Gasteiger partial charge in [-0.3, -0.25) is 0 Å². The highest BCUT2D eigenvalue weighted by Crippen LogP contribution is 2.03. The zero-order chi connectivity index (χ0) is 10.8. The maximum Gasteiger partial charge on any atom is 0.0861 e. The summed E-state index contributed by atoms with van der Waals surface area (Å²) < 4.78 is 5.39. The number of thioether (sulfide) groups is 1. The lowest BCUT2D eigenvalue weighted by atomic mass is 10.1. The van der Waals surface area contributed by atoms with E-state index in [9.17, 15) is 0 Å². The molecule has 0 aliphatic carbocycles. The Kier molecular flexibility index (Phi) is 9.93. The molecule has 1 unspecified atom stereocenters. The maximum absolute atomic E-state index is 9.02. The van der Waals surface area contributed by atoms with E-state index in [1.165, 1.54) is 0 Å². The number of hydrogen-bond acceptors (Lipinski definition) is 4. The molecule has 0 spiro atoms. The summed E-state index contributed by atoms with van der Waals surface area (Å²) in [6.45, 7) is 5.75. The van der Waals surface area contributed by atoms with Crippen LogP contribution in [0.3, 0.4) is 0 Å². The Hall–Kier alpha value is 0.230. The molecule has 3 nitrogen and oxygen atoms in total. The van der Waals surface area contributed by atoms with Crippen molar-refractivity contribution in [3.05, 3.63) is 0 Å². The highest BCUT2D eigenvalue weighted by atomic mass is 32.2. The quantitative estimate of drug-likeness (QED) is 0.574. The smallest absolute Gasteiger partial charge is 0.0861 e. The summed E-state index contributed by atoms with van der Waals surface area (Å²) in [5, 5.41) is 17.6. The Balaban J connectivity index is 2.99. The van der Waals surface area contributed by atoms with Crippen molar-refractivity contribution in [3.8, 4) is 0 Å². The van der Waals surface area contributed by atoms with Gasteiger partial charge in [-0.25, -0.2) is 0 Å². The Morgan fingerprint density at radius 2 is 2.00 bits per heavy atom. The van der Waals surface area contributed by atoms with Crippen LogP contribution in [0.15, 0.2) is 0 Å². The monoisotopic (exact) mass is 222 g/mol. The molecule has 0 aliphatic rings. The third-order valence-corrected chi connectivity index (χ3v) is 2.81. The van der Waals surface area contributed by atoms with E-state index in [2.05, 4.69) is 13.8 Å². The molecule has 0 amide bonds. The number of aliphatic hydroxyl groups is 2. The summed E-state index contributed by atoms with van der Waals surface area (Å²) in [7, 11) is 0. The van der Waals surface area contributed by atoms with Crippen LogP contribution in [0.5, 0.6) is 0 Å². The standard InChI is InChI=1S/C10H22O3S/c1-9(2)3-4-13-5-6-14-8-10(12)7-11/h9-12H,3-8H2,1-2H3. The molecule has 0 aromatic heterocycles. The van der Waals surface area contributed by atoms with Gasteiger partial charge in [0.15, 0.2) is 0 Å². The zero-order valence-electron chi connectivity index (χ0n) is 9.11. The van der Waals surface area contributed by atoms with Crippen LogP contribution in [0.25, 0.3) is 0 Å². The first-order chi connectivity index (χ1) is 6.66. The first-order valence-corrected chi connectivity index (χ1v) is 6.26. The minimum absolute atomic E-state index is 0.152. The second-order valence-electron chi connectivity index (χ2n) is 3.71. The van der Waals surface area contributed by atoms with E-state index >= 15 is 0 Å². The largest absolute Gasteiger partial charge is 0.394 e. The van der Waals surface area contributed by atoms with Gasteiger partial charge in [0.2, 0.25) is 0 Å². The second kappa shape index (κ2) is 9.77. The number of rotatable bonds is 9. The second-order valence-corrected chi connectivity index (χ2v) is 4.86. The van der Waals surface area contributed by atoms with Crippen molar-refractivity contribution in [2.45, 2.75) is 26.4 Å². The van der Waals surface area contributed by atoms with E-state index < -0.39 is 6.10 Å². The molecule has 0 aromatic rings. The molecule has 2 N–H and O–H groups in total. The van der Waals surface area contributed by atoms with Gasteiger partial charge in [-0.1, -0.05) is 13.8 Å². The lowest BCUT2D eigenvalue weighted by Crippen LogP contribution is -2.15. The molecule has 4 heteroatoms. The molecular weight excluding hydrogens is 200 g/mol. The Labute approximate surface area is 90.8 Å². The van der Waals surface area contributed by atoms with Crippen molar-refractivity contribution in [1.82, 2.24) is 0 Å². The zero-order valence-corrected chi connectivity index (χ0v) is 9.92. The predicted molar refractivity (Wildman–Crippen MR) is 60.7 cm³/mol. The average Bonchev–Trinajstić information content (AvgIpc) is 2.15. The number of ether oxygens (including phenoxy) is 1. The summed E-state index contributed by atoms with van der Waals surface area (Å²) in [6.07, 6.45) is 0.514. The van der Waals surface area contributed by atoms with E-state index in [-0.39, 0.29) is 6.61 Å². The molecule has 0 rings (SSSR count). The fourth-order valence-corrected chi connectivity index (χ4v) is 1.59. The molecule has 0 bridgehead atoms. The molecule has 0 heterocycles. The van der Waals surface area contributed by atoms with Gasteiger partial charge in [0.1, 0.15) is 0 Å². The Morgan fingerprint density at radius 1 is 1.29 bits per heavy atom. The van der Waals surface area contributed by atoms with Crippen LogP contribution < -0.4 is 0 Å². The molecule has 14 heavy (non-hydrogen) atoms. The molecule has 0 saturated heterocycles. The molecule has 0 saturated carbocycles. The van der Waals surface area contributed by atoms with Crippen molar-refractivity contribution in [2.24, 2.45) is 5.92 Å². The fourth-order valence-electron chi connectivity index (χ4n) is 0.811. The van der Waals surface area contributed by atoms with Crippen LogP contribution in [-0.4, -0.2) is 47.6 Å². The van der Waals surface area contributed by atoms with Crippen LogP contribution >= 0.6 is 11.8 Å². The summed E-state index contributed by atoms with van der Waals surface area (Å²) in [6, 6.07) is 0. The molecule has 0 aliphatic heterocycles. The topological polar surface area (TPSA) is 49.7 Å². The van der Waals surface area contributed by atoms with Crippen LogP contribution in [0.4, 0.5) is 0 Å². The first-order valence-electron chi connectivity index (χ1n) is 5.11. The summed E-state index contributed by atoms with van der Waals surface area (Å²) >= 11 is 1.61. The van der Waals surface area contributed by atoms with Gasteiger partial charge in [-0.2, -0.15) is 11.8 Å². The first kappa shape index (κ1) is 14.2. The van der Waals surface area contributed by atoms with Crippen molar-refractivity contribution < 1.29 is 14.9 Å². The lowest BCUT2D eigenvalue weighted by molar-refractivity contribution is 0.113. The molecular formula is C10H22O3S. The van der Waals surface area contributed by atoms with Gasteiger partial charge >= 0.3 is 0 Å². The average molecular weight is 222 g/mol. The van der Waals surface area contributed by atoms with E-state index in [0.29, 0.717) is 11.7 Å².